The Bertz CT molecular complexity index is 752. The van der Waals surface area contributed by atoms with Gasteiger partial charge in [0, 0.05) is 5.02 Å². The standard InChI is InChI=1S/C14H10Cl2N2O/c1-19-12-6-5-8(15)7-9(12)14-17-11-4-2-3-10(16)13(11)18-14/h2-7H,1H3,(H,17,18). The van der Waals surface area contributed by atoms with Crippen LogP contribution >= 0.6 is 23.2 Å². The smallest absolute Gasteiger partial charge is 0.142 e. The van der Waals surface area contributed by atoms with E-state index in [0.717, 1.165) is 16.6 Å². The predicted octanol–water partition coefficient (Wildman–Crippen LogP) is 4.55. The lowest BCUT2D eigenvalue weighted by Gasteiger charge is -2.06. The van der Waals surface area contributed by atoms with Crippen molar-refractivity contribution in [3.8, 4) is 17.1 Å². The second-order valence-electron chi connectivity index (χ2n) is 4.07. The Labute approximate surface area is 120 Å². The molecule has 5 heteroatoms. The van der Waals surface area contributed by atoms with E-state index in [9.17, 15) is 0 Å². The molecule has 0 atom stereocenters. The quantitative estimate of drug-likeness (QED) is 0.753. The van der Waals surface area contributed by atoms with Gasteiger partial charge in [0.1, 0.15) is 17.1 Å². The molecule has 1 aromatic heterocycles. The van der Waals surface area contributed by atoms with Gasteiger partial charge < -0.3 is 9.72 Å². The van der Waals surface area contributed by atoms with Crippen molar-refractivity contribution in [2.45, 2.75) is 0 Å². The molecule has 0 saturated heterocycles. The Hall–Kier alpha value is -1.71. The largest absolute Gasteiger partial charge is 0.496 e. The average Bonchev–Trinajstić information content (AvgIpc) is 2.84. The zero-order valence-corrected chi connectivity index (χ0v) is 11.6. The number of nitrogens with zero attached hydrogens (tertiary/aromatic N) is 1. The van der Waals surface area contributed by atoms with Gasteiger partial charge in [0.05, 0.1) is 23.2 Å². The van der Waals surface area contributed by atoms with Crippen LogP contribution in [-0.4, -0.2) is 17.1 Å². The van der Waals surface area contributed by atoms with Crippen molar-refractivity contribution in [1.82, 2.24) is 9.97 Å². The number of benzene rings is 2. The summed E-state index contributed by atoms with van der Waals surface area (Å²) in [4.78, 5) is 7.73. The van der Waals surface area contributed by atoms with Crippen LogP contribution in [0.3, 0.4) is 0 Å². The summed E-state index contributed by atoms with van der Waals surface area (Å²) in [5, 5.41) is 1.24. The minimum absolute atomic E-state index is 0.612. The lowest BCUT2D eigenvalue weighted by Crippen LogP contribution is -1.89. The number of para-hydroxylation sites is 1. The third kappa shape index (κ3) is 2.15. The molecular weight excluding hydrogens is 283 g/mol. The minimum atomic E-state index is 0.612. The molecule has 3 rings (SSSR count). The van der Waals surface area contributed by atoms with E-state index in [1.165, 1.54) is 0 Å². The summed E-state index contributed by atoms with van der Waals surface area (Å²) in [7, 11) is 1.61. The van der Waals surface area contributed by atoms with Gasteiger partial charge >= 0.3 is 0 Å². The highest BCUT2D eigenvalue weighted by atomic mass is 35.5. The van der Waals surface area contributed by atoms with E-state index in [1.54, 1.807) is 13.2 Å². The Balaban J connectivity index is 2.24. The number of aromatic nitrogens is 2. The first kappa shape index (κ1) is 12.3. The van der Waals surface area contributed by atoms with Crippen LogP contribution in [-0.2, 0) is 0 Å². The van der Waals surface area contributed by atoms with Gasteiger partial charge in [-0.15, -0.1) is 0 Å². The number of nitrogens with one attached hydrogen (secondary N) is 1. The number of fused-ring (bicyclic) bond motifs is 1. The van der Waals surface area contributed by atoms with E-state index in [1.807, 2.05) is 30.3 Å². The van der Waals surface area contributed by atoms with Crippen LogP contribution in [0.5, 0.6) is 5.75 Å². The highest BCUT2D eigenvalue weighted by Crippen LogP contribution is 2.33. The molecule has 0 amide bonds. The maximum Gasteiger partial charge on any atom is 0.142 e. The van der Waals surface area contributed by atoms with Gasteiger partial charge in [0.15, 0.2) is 0 Å². The molecule has 0 spiro atoms. The number of aromatic amines is 1. The molecule has 3 aromatic rings. The molecule has 0 saturated carbocycles. The van der Waals surface area contributed by atoms with Crippen molar-refractivity contribution in [3.63, 3.8) is 0 Å². The fourth-order valence-corrected chi connectivity index (χ4v) is 2.38. The number of hydrogen-bond acceptors (Lipinski definition) is 2. The number of hydrogen-bond donors (Lipinski definition) is 1. The molecule has 1 N–H and O–H groups in total. The number of methoxy groups -OCH3 is 1. The number of ether oxygens (including phenoxy) is 1. The van der Waals surface area contributed by atoms with Crippen molar-refractivity contribution in [2.75, 3.05) is 7.11 Å². The van der Waals surface area contributed by atoms with Gasteiger partial charge in [-0.1, -0.05) is 29.3 Å². The van der Waals surface area contributed by atoms with Crippen LogP contribution in [0.2, 0.25) is 10.0 Å². The number of imidazole rings is 1. The number of halogens is 2. The molecule has 19 heavy (non-hydrogen) atoms. The summed E-state index contributed by atoms with van der Waals surface area (Å²) in [6.45, 7) is 0. The average molecular weight is 293 g/mol. The van der Waals surface area contributed by atoms with E-state index in [0.29, 0.717) is 21.6 Å². The maximum absolute atomic E-state index is 6.12. The highest BCUT2D eigenvalue weighted by molar-refractivity contribution is 6.35. The lowest BCUT2D eigenvalue weighted by molar-refractivity contribution is 0.416. The van der Waals surface area contributed by atoms with E-state index in [2.05, 4.69) is 9.97 Å². The first-order chi connectivity index (χ1) is 9.19. The summed E-state index contributed by atoms with van der Waals surface area (Å²) >= 11 is 12.2. The zero-order chi connectivity index (χ0) is 13.4. The van der Waals surface area contributed by atoms with Gasteiger partial charge in [-0.25, -0.2) is 4.98 Å². The van der Waals surface area contributed by atoms with Gasteiger partial charge in [-0.3, -0.25) is 0 Å². The molecule has 0 bridgehead atoms. The third-order valence-corrected chi connectivity index (χ3v) is 3.42. The Morgan fingerprint density at radius 2 is 2.00 bits per heavy atom. The molecule has 2 aromatic carbocycles. The molecule has 0 aliphatic heterocycles. The Kier molecular flexibility index (Phi) is 3.09. The highest BCUT2D eigenvalue weighted by Gasteiger charge is 2.12. The molecule has 0 aliphatic rings. The molecule has 0 fully saturated rings. The monoisotopic (exact) mass is 292 g/mol. The second kappa shape index (κ2) is 4.76. The minimum Gasteiger partial charge on any atom is -0.496 e. The summed E-state index contributed by atoms with van der Waals surface area (Å²) in [5.41, 5.74) is 2.42. The lowest BCUT2D eigenvalue weighted by atomic mass is 10.2. The second-order valence-corrected chi connectivity index (χ2v) is 4.91. The van der Waals surface area contributed by atoms with Crippen molar-refractivity contribution in [1.29, 1.82) is 0 Å². The fraction of sp³-hybridized carbons (Fsp3) is 0.0714. The van der Waals surface area contributed by atoms with E-state index >= 15 is 0 Å². The van der Waals surface area contributed by atoms with Crippen LogP contribution in [0.1, 0.15) is 0 Å². The van der Waals surface area contributed by atoms with Crippen LogP contribution in [0.4, 0.5) is 0 Å². The fourth-order valence-electron chi connectivity index (χ4n) is 1.99. The van der Waals surface area contributed by atoms with Crippen LogP contribution in [0.15, 0.2) is 36.4 Å². The van der Waals surface area contributed by atoms with E-state index in [4.69, 9.17) is 27.9 Å². The summed E-state index contributed by atoms with van der Waals surface area (Å²) in [6.07, 6.45) is 0. The SMILES string of the molecule is COc1ccc(Cl)cc1-c1nc2c(Cl)cccc2[nH]1. The van der Waals surface area contributed by atoms with Gasteiger partial charge in [-0.05, 0) is 30.3 Å². The first-order valence-corrected chi connectivity index (χ1v) is 6.43. The van der Waals surface area contributed by atoms with E-state index in [-0.39, 0.29) is 0 Å². The molecule has 0 radical (unpaired) electrons. The Morgan fingerprint density at radius 1 is 1.16 bits per heavy atom. The van der Waals surface area contributed by atoms with Crippen LogP contribution in [0.25, 0.3) is 22.4 Å². The number of H-pyrrole nitrogens is 1. The molecule has 3 nitrogen and oxygen atoms in total. The molecule has 96 valence electrons. The molecule has 0 aliphatic carbocycles. The molecule has 1 heterocycles. The topological polar surface area (TPSA) is 37.9 Å². The van der Waals surface area contributed by atoms with Gasteiger partial charge in [0.2, 0.25) is 0 Å². The summed E-state index contributed by atoms with van der Waals surface area (Å²) < 4.78 is 5.33. The Morgan fingerprint density at radius 3 is 2.74 bits per heavy atom. The van der Waals surface area contributed by atoms with E-state index < -0.39 is 0 Å². The third-order valence-electron chi connectivity index (χ3n) is 2.88. The predicted molar refractivity (Wildman–Crippen MR) is 78.1 cm³/mol. The van der Waals surface area contributed by atoms with Crippen LogP contribution in [0, 0.1) is 0 Å². The maximum atomic E-state index is 6.12. The zero-order valence-electron chi connectivity index (χ0n) is 10.1. The normalized spacial score (nSPS) is 10.9. The van der Waals surface area contributed by atoms with Crippen molar-refractivity contribution >= 4 is 34.2 Å². The van der Waals surface area contributed by atoms with Crippen LogP contribution < -0.4 is 4.74 Å². The summed E-state index contributed by atoms with van der Waals surface area (Å²) in [6, 6.07) is 11.0. The summed E-state index contributed by atoms with van der Waals surface area (Å²) in [5.74, 6) is 1.39. The van der Waals surface area contributed by atoms with Gasteiger partial charge in [0.25, 0.3) is 0 Å². The number of rotatable bonds is 2. The van der Waals surface area contributed by atoms with Crippen molar-refractivity contribution < 1.29 is 4.74 Å². The molecular formula is C14H10Cl2N2O. The van der Waals surface area contributed by atoms with Crippen molar-refractivity contribution in [3.05, 3.63) is 46.4 Å². The first-order valence-electron chi connectivity index (χ1n) is 5.67. The molecule has 0 unspecified atom stereocenters. The van der Waals surface area contributed by atoms with Gasteiger partial charge in [-0.2, -0.15) is 0 Å². The van der Waals surface area contributed by atoms with Crippen molar-refractivity contribution in [2.24, 2.45) is 0 Å².